The average Bonchev–Trinajstić information content (AvgIpc) is 2.94. The SMILES string of the molecule is CC.CCC1CC[NH+](CC(=O)C2=CCCC=C2)C[C@@H]1OC(=O)C(NC(=O)OC(C)(C)C)c1ccccc1.CCl. The van der Waals surface area contributed by atoms with Crippen molar-refractivity contribution in [3.8, 4) is 0 Å². The van der Waals surface area contributed by atoms with Crippen LogP contribution in [-0.2, 0) is 19.1 Å². The second kappa shape index (κ2) is 17.9. The highest BCUT2D eigenvalue weighted by Gasteiger charge is 2.37. The Balaban J connectivity index is 0.00000181. The van der Waals surface area contributed by atoms with E-state index in [1.54, 1.807) is 32.9 Å². The molecular weight excluding hydrogens is 516 g/mol. The number of amides is 1. The second-order valence-corrected chi connectivity index (χ2v) is 10.4. The molecule has 2 aliphatic rings. The molecule has 3 rings (SSSR count). The van der Waals surface area contributed by atoms with Gasteiger partial charge in [0.25, 0.3) is 0 Å². The number of likely N-dealkylation sites (tertiary alicyclic amines) is 1. The van der Waals surface area contributed by atoms with E-state index in [2.05, 4.69) is 23.8 Å². The maximum absolute atomic E-state index is 13.4. The molecular formula is C31H48ClN2O5+. The van der Waals surface area contributed by atoms with Crippen LogP contribution in [0.5, 0.6) is 0 Å². The Morgan fingerprint density at radius 1 is 1.10 bits per heavy atom. The lowest BCUT2D eigenvalue weighted by molar-refractivity contribution is -0.901. The minimum Gasteiger partial charge on any atom is -0.454 e. The van der Waals surface area contributed by atoms with E-state index in [1.165, 1.54) is 6.38 Å². The summed E-state index contributed by atoms with van der Waals surface area (Å²) in [5.41, 5.74) is 0.717. The summed E-state index contributed by atoms with van der Waals surface area (Å²) in [4.78, 5) is 39.7. The number of esters is 1. The normalized spacial score (nSPS) is 21.0. The van der Waals surface area contributed by atoms with Crippen molar-refractivity contribution < 1.29 is 28.8 Å². The molecule has 7 nitrogen and oxygen atoms in total. The Bertz CT molecular complexity index is 955. The number of rotatable bonds is 8. The van der Waals surface area contributed by atoms with Crippen LogP contribution in [0.1, 0.15) is 78.8 Å². The van der Waals surface area contributed by atoms with E-state index in [9.17, 15) is 14.4 Å². The number of ether oxygens (including phenoxy) is 2. The molecule has 1 aliphatic heterocycles. The van der Waals surface area contributed by atoms with Gasteiger partial charge in [0.15, 0.2) is 12.1 Å². The number of hydrogen-bond donors (Lipinski definition) is 2. The summed E-state index contributed by atoms with van der Waals surface area (Å²) in [5.74, 6) is -0.176. The van der Waals surface area contributed by atoms with Gasteiger partial charge < -0.3 is 19.7 Å². The van der Waals surface area contributed by atoms with E-state index in [0.29, 0.717) is 18.7 Å². The Morgan fingerprint density at radius 2 is 1.77 bits per heavy atom. The van der Waals surface area contributed by atoms with Crippen LogP contribution in [0, 0.1) is 5.92 Å². The number of alkyl carbamates (subject to hydrolysis) is 1. The van der Waals surface area contributed by atoms with Gasteiger partial charge in [-0.15, -0.1) is 11.6 Å². The number of nitrogens with one attached hydrogen (secondary N) is 2. The van der Waals surface area contributed by atoms with Gasteiger partial charge in [-0.1, -0.05) is 69.3 Å². The van der Waals surface area contributed by atoms with Crippen molar-refractivity contribution in [1.29, 1.82) is 0 Å². The third kappa shape index (κ3) is 12.0. The number of quaternary nitrogens is 1. The van der Waals surface area contributed by atoms with Crippen molar-refractivity contribution in [2.75, 3.05) is 26.0 Å². The van der Waals surface area contributed by atoms with Crippen LogP contribution in [0.15, 0.2) is 54.1 Å². The molecule has 0 aromatic heterocycles. The number of benzene rings is 1. The standard InChI is InChI=1S/C28H38N2O5.C2H6.CH3Cl/c1-5-20-16-17-30(18-23(31)21-12-8-6-9-13-21)19-24(20)34-26(32)25(22-14-10-7-11-15-22)29-27(33)35-28(2,3)4;2*1-2/h7-8,10-15,20,24-25H,5-6,9,16-19H2,1-4H3,(H,29,33);1-2H3;1H3/p+1/t20?,24-,25?;;/m0../s1. The van der Waals surface area contributed by atoms with Gasteiger partial charge in [-0.25, -0.2) is 9.59 Å². The molecule has 218 valence electrons. The summed E-state index contributed by atoms with van der Waals surface area (Å²) in [5, 5.41) is 2.69. The van der Waals surface area contributed by atoms with E-state index in [-0.39, 0.29) is 17.8 Å². The Kier molecular flexibility index (Phi) is 15.7. The largest absolute Gasteiger partial charge is 0.454 e. The molecule has 0 spiro atoms. The molecule has 1 saturated heterocycles. The monoisotopic (exact) mass is 563 g/mol. The van der Waals surface area contributed by atoms with Crippen LogP contribution in [0.25, 0.3) is 0 Å². The van der Waals surface area contributed by atoms with Crippen LogP contribution in [-0.4, -0.2) is 55.6 Å². The van der Waals surface area contributed by atoms with E-state index < -0.39 is 23.7 Å². The number of allylic oxidation sites excluding steroid dienone is 3. The summed E-state index contributed by atoms with van der Waals surface area (Å²) < 4.78 is 11.4. The molecule has 1 amide bonds. The molecule has 3 unspecified atom stereocenters. The van der Waals surface area contributed by atoms with Crippen molar-refractivity contribution in [1.82, 2.24) is 5.32 Å². The molecule has 4 atom stereocenters. The Labute approximate surface area is 240 Å². The fraction of sp³-hybridized carbons (Fsp3) is 0.581. The number of halogens is 1. The number of carbonyl (C=O) groups is 3. The number of Topliss-reactive ketones (excluding diaryl/α,β-unsaturated/α-hetero) is 1. The van der Waals surface area contributed by atoms with Gasteiger partial charge in [0.2, 0.25) is 5.78 Å². The number of hydrogen-bond acceptors (Lipinski definition) is 5. The molecule has 1 aromatic rings. The third-order valence-corrected chi connectivity index (χ3v) is 6.43. The lowest BCUT2D eigenvalue weighted by atomic mass is 9.90. The summed E-state index contributed by atoms with van der Waals surface area (Å²) in [7, 11) is 0. The van der Waals surface area contributed by atoms with Crippen LogP contribution in [0.3, 0.4) is 0 Å². The van der Waals surface area contributed by atoms with Crippen molar-refractivity contribution in [2.45, 2.75) is 85.0 Å². The summed E-state index contributed by atoms with van der Waals surface area (Å²) in [6.07, 6.45) is 10.1. The topological polar surface area (TPSA) is 86.1 Å². The van der Waals surface area contributed by atoms with Crippen molar-refractivity contribution in [3.63, 3.8) is 0 Å². The van der Waals surface area contributed by atoms with Crippen LogP contribution >= 0.6 is 11.6 Å². The minimum absolute atomic E-state index is 0.129. The van der Waals surface area contributed by atoms with Crippen molar-refractivity contribution in [2.24, 2.45) is 5.92 Å². The van der Waals surface area contributed by atoms with Gasteiger partial charge in [0.1, 0.15) is 18.7 Å². The predicted octanol–water partition coefficient (Wildman–Crippen LogP) is 5.21. The first-order valence-corrected chi connectivity index (χ1v) is 14.8. The van der Waals surface area contributed by atoms with Crippen molar-refractivity contribution >= 4 is 29.4 Å². The molecule has 0 radical (unpaired) electrons. The first-order valence-electron chi connectivity index (χ1n) is 14.0. The molecule has 39 heavy (non-hydrogen) atoms. The zero-order valence-corrected chi connectivity index (χ0v) is 25.5. The lowest BCUT2D eigenvalue weighted by Gasteiger charge is -2.35. The smallest absolute Gasteiger partial charge is 0.408 e. The molecule has 2 N–H and O–H groups in total. The molecule has 1 aliphatic carbocycles. The van der Waals surface area contributed by atoms with Gasteiger partial charge in [-0.05, 0) is 45.6 Å². The Morgan fingerprint density at radius 3 is 2.33 bits per heavy atom. The molecule has 1 aromatic carbocycles. The quantitative estimate of drug-likeness (QED) is 0.335. The van der Waals surface area contributed by atoms with Gasteiger partial charge >= 0.3 is 12.1 Å². The van der Waals surface area contributed by atoms with E-state index in [0.717, 1.165) is 42.7 Å². The number of carbonyl (C=O) groups excluding carboxylic acids is 3. The van der Waals surface area contributed by atoms with E-state index in [4.69, 9.17) is 9.47 Å². The van der Waals surface area contributed by atoms with Gasteiger partial charge in [0.05, 0.1) is 6.54 Å². The third-order valence-electron chi connectivity index (χ3n) is 6.43. The fourth-order valence-corrected chi connectivity index (χ4v) is 4.61. The van der Waals surface area contributed by atoms with Gasteiger partial charge in [-0.2, -0.15) is 0 Å². The highest BCUT2D eigenvalue weighted by Crippen LogP contribution is 2.22. The zero-order valence-electron chi connectivity index (χ0n) is 24.7. The maximum Gasteiger partial charge on any atom is 0.408 e. The highest BCUT2D eigenvalue weighted by molar-refractivity contribution is 6.15. The number of alkyl halides is 1. The first-order chi connectivity index (χ1) is 18.7. The van der Waals surface area contributed by atoms with Gasteiger partial charge in [-0.3, -0.25) is 4.79 Å². The first kappa shape index (κ1) is 34.4. The Hall–Kier alpha value is -2.64. The molecule has 0 saturated carbocycles. The van der Waals surface area contributed by atoms with Crippen molar-refractivity contribution in [3.05, 3.63) is 59.7 Å². The summed E-state index contributed by atoms with van der Waals surface area (Å²) >= 11 is 4.64. The molecule has 1 heterocycles. The maximum atomic E-state index is 13.4. The molecule has 1 fully saturated rings. The van der Waals surface area contributed by atoms with Crippen LogP contribution in [0.2, 0.25) is 0 Å². The average molecular weight is 564 g/mol. The lowest BCUT2D eigenvalue weighted by Crippen LogP contribution is -3.15. The molecule has 8 heteroatoms. The number of ketones is 1. The zero-order chi connectivity index (χ0) is 29.4. The predicted molar refractivity (Wildman–Crippen MR) is 157 cm³/mol. The van der Waals surface area contributed by atoms with E-state index in [1.807, 2.05) is 50.3 Å². The number of piperidine rings is 1. The van der Waals surface area contributed by atoms with Gasteiger partial charge in [0, 0.05) is 24.3 Å². The summed E-state index contributed by atoms with van der Waals surface area (Å²) in [6.45, 7) is 13.2. The minimum atomic E-state index is -0.979. The second-order valence-electron chi connectivity index (χ2n) is 10.4. The van der Waals surface area contributed by atoms with E-state index >= 15 is 0 Å². The fourth-order valence-electron chi connectivity index (χ4n) is 4.61. The molecule has 0 bridgehead atoms. The highest BCUT2D eigenvalue weighted by atomic mass is 35.5. The van der Waals surface area contributed by atoms with Crippen LogP contribution in [0.4, 0.5) is 4.79 Å². The van der Waals surface area contributed by atoms with Crippen LogP contribution < -0.4 is 10.2 Å². The summed E-state index contributed by atoms with van der Waals surface area (Å²) in [6, 6.07) is 8.06.